The summed E-state index contributed by atoms with van der Waals surface area (Å²) < 4.78 is 18.7. The molecule has 1 heterocycles. The molecule has 0 saturated carbocycles. The summed E-state index contributed by atoms with van der Waals surface area (Å²) in [5.41, 5.74) is -0.0655. The minimum atomic E-state index is -0.701. The van der Waals surface area contributed by atoms with Crippen molar-refractivity contribution in [1.29, 1.82) is 10.5 Å². The zero-order valence-electron chi connectivity index (χ0n) is 9.39. The summed E-state index contributed by atoms with van der Waals surface area (Å²) in [4.78, 5) is 3.85. The molecule has 0 aliphatic heterocycles. The Labute approximate surface area is 113 Å². The van der Waals surface area contributed by atoms with E-state index < -0.39 is 5.82 Å². The van der Waals surface area contributed by atoms with Crippen molar-refractivity contribution in [1.82, 2.24) is 4.98 Å². The number of hydrogen-bond donors (Lipinski definition) is 0. The monoisotopic (exact) mass is 273 g/mol. The van der Waals surface area contributed by atoms with E-state index in [4.69, 9.17) is 26.9 Å². The highest BCUT2D eigenvalue weighted by Crippen LogP contribution is 2.31. The maximum atomic E-state index is 13.4. The first-order valence-corrected chi connectivity index (χ1v) is 5.46. The molecule has 19 heavy (non-hydrogen) atoms. The van der Waals surface area contributed by atoms with Crippen molar-refractivity contribution >= 4 is 11.6 Å². The molecule has 0 aliphatic rings. The lowest BCUT2D eigenvalue weighted by molar-refractivity contribution is 0.456. The van der Waals surface area contributed by atoms with Crippen LogP contribution in [0.5, 0.6) is 11.6 Å². The van der Waals surface area contributed by atoms with Gasteiger partial charge >= 0.3 is 0 Å². The van der Waals surface area contributed by atoms with E-state index in [1.807, 2.05) is 6.07 Å². The Bertz CT molecular complexity index is 719. The molecule has 0 spiro atoms. The van der Waals surface area contributed by atoms with Crippen molar-refractivity contribution in [3.05, 3.63) is 52.4 Å². The molecule has 1 aromatic heterocycles. The quantitative estimate of drug-likeness (QED) is 0.841. The number of nitriles is 2. The molecule has 0 bridgehead atoms. The van der Waals surface area contributed by atoms with Crippen LogP contribution in [0, 0.1) is 28.5 Å². The first-order chi connectivity index (χ1) is 9.17. The number of aromatic nitrogens is 1. The number of pyridine rings is 1. The number of ether oxygens (including phenoxy) is 1. The Hall–Kier alpha value is -2.63. The molecular weight excluding hydrogens is 269 g/mol. The molecule has 0 aliphatic carbocycles. The zero-order valence-corrected chi connectivity index (χ0v) is 10.1. The van der Waals surface area contributed by atoms with Gasteiger partial charge in [-0.3, -0.25) is 0 Å². The van der Waals surface area contributed by atoms with Crippen molar-refractivity contribution in [2.24, 2.45) is 0 Å². The summed E-state index contributed by atoms with van der Waals surface area (Å²) in [5.74, 6) is -0.762. The first-order valence-electron chi connectivity index (χ1n) is 5.08. The second-order valence-corrected chi connectivity index (χ2v) is 3.79. The van der Waals surface area contributed by atoms with E-state index in [1.165, 1.54) is 24.4 Å². The van der Waals surface area contributed by atoms with Crippen LogP contribution in [0.15, 0.2) is 30.5 Å². The van der Waals surface area contributed by atoms with Crippen LogP contribution in [0.1, 0.15) is 11.1 Å². The molecule has 0 atom stereocenters. The number of nitrogens with zero attached hydrogens (tertiary/aromatic N) is 3. The van der Waals surface area contributed by atoms with Gasteiger partial charge in [-0.2, -0.15) is 10.5 Å². The lowest BCUT2D eigenvalue weighted by Gasteiger charge is -2.08. The number of halogens is 2. The molecule has 1 aromatic carbocycles. The van der Waals surface area contributed by atoms with Gasteiger partial charge in [0.15, 0.2) is 0 Å². The summed E-state index contributed by atoms with van der Waals surface area (Å²) in [6.45, 7) is 0. The number of benzene rings is 1. The van der Waals surface area contributed by atoms with Crippen LogP contribution in [-0.2, 0) is 0 Å². The highest BCUT2D eigenvalue weighted by atomic mass is 35.5. The molecule has 0 amide bonds. The molecule has 0 radical (unpaired) electrons. The van der Waals surface area contributed by atoms with Crippen LogP contribution in [0.3, 0.4) is 0 Å². The zero-order chi connectivity index (χ0) is 13.8. The van der Waals surface area contributed by atoms with Crippen molar-refractivity contribution in [2.45, 2.75) is 0 Å². The largest absolute Gasteiger partial charge is 0.436 e. The van der Waals surface area contributed by atoms with Gasteiger partial charge in [0, 0.05) is 6.20 Å². The average molecular weight is 274 g/mol. The Balaban J connectivity index is 2.47. The van der Waals surface area contributed by atoms with Gasteiger partial charge in [-0.05, 0) is 18.2 Å². The van der Waals surface area contributed by atoms with Crippen LogP contribution in [-0.4, -0.2) is 4.98 Å². The van der Waals surface area contributed by atoms with Gasteiger partial charge in [0.05, 0.1) is 5.56 Å². The average Bonchev–Trinajstić information content (AvgIpc) is 2.41. The van der Waals surface area contributed by atoms with E-state index in [0.29, 0.717) is 0 Å². The van der Waals surface area contributed by atoms with E-state index in [0.717, 1.165) is 6.07 Å². The summed E-state index contributed by atoms with van der Waals surface area (Å²) in [6, 6.07) is 8.95. The molecule has 4 nitrogen and oxygen atoms in total. The minimum absolute atomic E-state index is 0.00742. The highest BCUT2D eigenvalue weighted by molar-refractivity contribution is 6.33. The minimum Gasteiger partial charge on any atom is -0.436 e. The third kappa shape index (κ3) is 2.47. The van der Waals surface area contributed by atoms with Crippen LogP contribution in [0.2, 0.25) is 5.02 Å². The van der Waals surface area contributed by atoms with Crippen LogP contribution >= 0.6 is 11.6 Å². The van der Waals surface area contributed by atoms with Crippen molar-refractivity contribution in [3.63, 3.8) is 0 Å². The molecule has 2 rings (SSSR count). The summed E-state index contributed by atoms with van der Waals surface area (Å²) >= 11 is 5.91. The summed E-state index contributed by atoms with van der Waals surface area (Å²) in [7, 11) is 0. The predicted molar refractivity (Wildman–Crippen MR) is 65.2 cm³/mol. The smallest absolute Gasteiger partial charge is 0.239 e. The fraction of sp³-hybridized carbons (Fsp3) is 0. The van der Waals surface area contributed by atoms with Crippen LogP contribution in [0.4, 0.5) is 4.39 Å². The maximum absolute atomic E-state index is 13.4. The molecule has 0 saturated heterocycles. The molecule has 92 valence electrons. The highest BCUT2D eigenvalue weighted by Gasteiger charge is 2.14. The van der Waals surface area contributed by atoms with E-state index in [1.54, 1.807) is 6.07 Å². The maximum Gasteiger partial charge on any atom is 0.239 e. The van der Waals surface area contributed by atoms with E-state index >= 15 is 0 Å². The fourth-order valence-corrected chi connectivity index (χ4v) is 1.58. The number of rotatable bonds is 2. The number of hydrogen-bond acceptors (Lipinski definition) is 4. The van der Waals surface area contributed by atoms with Gasteiger partial charge in [-0.15, -0.1) is 0 Å². The Kier molecular flexibility index (Phi) is 3.61. The Morgan fingerprint density at radius 1 is 1.21 bits per heavy atom. The van der Waals surface area contributed by atoms with E-state index in [2.05, 4.69) is 4.98 Å². The third-order valence-corrected chi connectivity index (χ3v) is 2.64. The van der Waals surface area contributed by atoms with Gasteiger partial charge in [0.25, 0.3) is 0 Å². The van der Waals surface area contributed by atoms with Gasteiger partial charge in [-0.1, -0.05) is 17.7 Å². The molecule has 2 aromatic rings. The first kappa shape index (κ1) is 12.8. The Morgan fingerprint density at radius 2 is 2.00 bits per heavy atom. The third-order valence-electron chi connectivity index (χ3n) is 2.27. The van der Waals surface area contributed by atoms with Crippen molar-refractivity contribution < 1.29 is 9.13 Å². The second-order valence-electron chi connectivity index (χ2n) is 3.42. The van der Waals surface area contributed by atoms with Gasteiger partial charge in [-0.25, -0.2) is 9.37 Å². The standard InChI is InChI=1S/C13H5ClFN3O/c14-12-8(6-16)4-5-18-13(12)19-11-3-1-2-10(15)9(11)7-17/h1-5H. The van der Waals surface area contributed by atoms with Crippen molar-refractivity contribution in [3.8, 4) is 23.8 Å². The van der Waals surface area contributed by atoms with Gasteiger partial charge in [0.1, 0.15) is 34.3 Å². The normalized spacial score (nSPS) is 9.47. The molecule has 0 unspecified atom stereocenters. The van der Waals surface area contributed by atoms with Gasteiger partial charge < -0.3 is 4.74 Å². The molecule has 0 fully saturated rings. The molecule has 6 heteroatoms. The lowest BCUT2D eigenvalue weighted by atomic mass is 10.2. The second kappa shape index (κ2) is 5.34. The van der Waals surface area contributed by atoms with E-state index in [-0.39, 0.29) is 27.8 Å². The van der Waals surface area contributed by atoms with Crippen LogP contribution in [0.25, 0.3) is 0 Å². The predicted octanol–water partition coefficient (Wildman–Crippen LogP) is 3.41. The van der Waals surface area contributed by atoms with Gasteiger partial charge in [0.2, 0.25) is 5.88 Å². The topological polar surface area (TPSA) is 69.7 Å². The lowest BCUT2D eigenvalue weighted by Crippen LogP contribution is -1.95. The molecular formula is C13H5ClFN3O. The van der Waals surface area contributed by atoms with E-state index in [9.17, 15) is 4.39 Å². The SMILES string of the molecule is N#Cc1ccnc(Oc2cccc(F)c2C#N)c1Cl. The van der Waals surface area contributed by atoms with Crippen LogP contribution < -0.4 is 4.74 Å². The summed E-state index contributed by atoms with van der Waals surface area (Å²) in [6.07, 6.45) is 1.34. The Morgan fingerprint density at radius 3 is 2.68 bits per heavy atom. The van der Waals surface area contributed by atoms with Crippen molar-refractivity contribution in [2.75, 3.05) is 0 Å². The summed E-state index contributed by atoms with van der Waals surface area (Å²) in [5, 5.41) is 17.7. The molecule has 0 N–H and O–H groups in total. The fourth-order valence-electron chi connectivity index (χ4n) is 1.38.